The second kappa shape index (κ2) is 20.3. The van der Waals surface area contributed by atoms with Crippen LogP contribution in [-0.2, 0) is 71.4 Å². The molecule has 18 heteroatoms. The predicted molar refractivity (Wildman–Crippen MR) is 238 cm³/mol. The van der Waals surface area contributed by atoms with Gasteiger partial charge in [0.1, 0.15) is 5.75 Å². The lowest BCUT2D eigenvalue weighted by atomic mass is 9.99. The summed E-state index contributed by atoms with van der Waals surface area (Å²) in [5.41, 5.74) is 11.2. The number of carbonyl (C=O) groups excluding carboxylic acids is 3. The van der Waals surface area contributed by atoms with Crippen LogP contribution < -0.4 is 30.5 Å². The van der Waals surface area contributed by atoms with Crippen molar-refractivity contribution in [3.05, 3.63) is 56.6 Å². The Balaban J connectivity index is 0.000000173. The second-order valence-corrected chi connectivity index (χ2v) is 21.7. The molecule has 340 valence electrons. The molecule has 0 spiro atoms. The van der Waals surface area contributed by atoms with Crippen LogP contribution in [0.5, 0.6) is 5.75 Å². The monoisotopic (exact) mass is 896 g/mol. The summed E-state index contributed by atoms with van der Waals surface area (Å²) in [5.74, 6) is 0.903. The molecule has 0 bridgehead atoms. The Morgan fingerprint density at radius 2 is 1.05 bits per heavy atom. The number of amides is 6. The maximum atomic E-state index is 12.8. The lowest BCUT2D eigenvalue weighted by Gasteiger charge is -2.32. The number of carbonyl (C=O) groups is 3. The van der Waals surface area contributed by atoms with Crippen molar-refractivity contribution in [2.75, 3.05) is 31.5 Å². The van der Waals surface area contributed by atoms with Crippen molar-refractivity contribution in [2.45, 2.75) is 153 Å². The molecule has 0 unspecified atom stereocenters. The number of hydrogen-bond acceptors (Lipinski definition) is 9. The molecule has 2 fully saturated rings. The normalized spacial score (nSPS) is 18.3. The fourth-order valence-corrected chi connectivity index (χ4v) is 11.9. The van der Waals surface area contributed by atoms with Gasteiger partial charge in [-0.15, -0.1) is 5.26 Å². The number of urea groups is 3. The molecule has 6 aliphatic rings. The summed E-state index contributed by atoms with van der Waals surface area (Å²) in [5, 5.41) is 21.1. The lowest BCUT2D eigenvalue weighted by Crippen LogP contribution is -2.50. The van der Waals surface area contributed by atoms with E-state index < -0.39 is 36.6 Å². The van der Waals surface area contributed by atoms with Gasteiger partial charge in [0, 0.05) is 44.0 Å². The highest BCUT2D eigenvalue weighted by Crippen LogP contribution is 2.41. The number of likely N-dealkylation sites (tertiary alicyclic amines) is 2. The molecular weight excluding hydrogens is 833 g/mol. The molecule has 6 amide bonds. The highest BCUT2D eigenvalue weighted by molar-refractivity contribution is 7.90. The SMILES string of the molecule is CC(C)NC(=O)N1CCC(S(=O)(=O)NC(=O)Nc2c3c(cc4c2CCC4)CCC3)CC1.CC(C)NC(=O)N1CCC(S(N)(=O)=O)CC1.N#COc1c2c(cc3c1CCC3)CCC2. The zero-order chi connectivity index (χ0) is 44.8. The van der Waals surface area contributed by atoms with Crippen molar-refractivity contribution >= 4 is 43.8 Å². The average Bonchev–Trinajstić information content (AvgIpc) is 4.05. The van der Waals surface area contributed by atoms with Crippen LogP contribution >= 0.6 is 0 Å². The first-order valence-corrected chi connectivity index (χ1v) is 25.4. The van der Waals surface area contributed by atoms with Crippen LogP contribution in [0.2, 0.25) is 0 Å². The van der Waals surface area contributed by atoms with E-state index in [1.165, 1.54) is 46.2 Å². The molecule has 2 aromatic carbocycles. The van der Waals surface area contributed by atoms with Crippen LogP contribution in [0.3, 0.4) is 0 Å². The Morgan fingerprint density at radius 3 is 1.44 bits per heavy atom. The van der Waals surface area contributed by atoms with Gasteiger partial charge in [-0.05, 0) is 175 Å². The number of aryl methyl sites for hydroxylation is 4. The maximum Gasteiger partial charge on any atom is 0.332 e. The van der Waals surface area contributed by atoms with E-state index in [1.54, 1.807) is 9.80 Å². The quantitative estimate of drug-likeness (QED) is 0.233. The molecule has 2 saturated heterocycles. The molecule has 4 aliphatic carbocycles. The number of nitrogens with two attached hydrogens (primary N) is 1. The summed E-state index contributed by atoms with van der Waals surface area (Å²) in [7, 11) is -7.28. The standard InChI is InChI=1S/C22H32N4O4S.C13H13NO.C9H19N3O3S/c1-14(2)23-22(28)26-11-9-17(10-12-26)31(29,30)25-21(27)24-20-18-7-3-5-15(18)13-16-6-4-8-19(16)20;14-8-15-13-11-5-1-3-9(11)7-10-4-2-6-12(10)13;1-7(2)11-9(13)12-5-3-8(4-6-12)16(10,14)15/h13-14,17H,3-12H2,1-2H3,(H,23,28)(H2,24,25,27);7H,1-6H2;7-8H,3-6H2,1-2H3,(H,11,13)(H2,10,14,15). The van der Waals surface area contributed by atoms with Crippen molar-refractivity contribution in [2.24, 2.45) is 5.14 Å². The van der Waals surface area contributed by atoms with Gasteiger partial charge in [0.05, 0.1) is 10.5 Å². The van der Waals surface area contributed by atoms with Gasteiger partial charge in [-0.3, -0.25) is 0 Å². The molecule has 6 N–H and O–H groups in total. The number of hydrogen-bond donors (Lipinski definition) is 5. The minimum atomic E-state index is -3.82. The van der Waals surface area contributed by atoms with Gasteiger partial charge in [-0.1, -0.05) is 12.1 Å². The molecule has 0 saturated carbocycles. The first kappa shape index (κ1) is 46.9. The number of anilines is 1. The maximum absolute atomic E-state index is 12.8. The third kappa shape index (κ3) is 11.5. The molecule has 62 heavy (non-hydrogen) atoms. The number of rotatable bonds is 7. The number of benzene rings is 2. The first-order valence-electron chi connectivity index (χ1n) is 22.3. The molecule has 2 heterocycles. The Hall–Kier alpha value is -4.60. The zero-order valence-electron chi connectivity index (χ0n) is 36.6. The Labute approximate surface area is 367 Å². The van der Waals surface area contributed by atoms with Gasteiger partial charge in [0.25, 0.3) is 6.26 Å². The first-order chi connectivity index (χ1) is 29.4. The lowest BCUT2D eigenvalue weighted by molar-refractivity contribution is 0.183. The number of primary sulfonamides is 1. The van der Waals surface area contributed by atoms with Gasteiger partial charge in [0.15, 0.2) is 0 Å². The minimum absolute atomic E-state index is 0.0280. The van der Waals surface area contributed by atoms with E-state index >= 15 is 0 Å². The van der Waals surface area contributed by atoms with E-state index in [2.05, 4.69) is 32.8 Å². The number of nitrogens with one attached hydrogen (secondary N) is 4. The molecule has 8 rings (SSSR count). The number of piperidine rings is 2. The predicted octanol–water partition coefficient (Wildman–Crippen LogP) is 5.08. The number of nitrogens with zero attached hydrogens (tertiary/aromatic N) is 3. The fourth-order valence-electron chi connectivity index (χ4n) is 9.68. The molecule has 0 aromatic heterocycles. The van der Waals surface area contributed by atoms with Gasteiger partial charge < -0.3 is 30.5 Å². The van der Waals surface area contributed by atoms with Gasteiger partial charge in [-0.2, -0.15) is 0 Å². The molecule has 0 atom stereocenters. The molecule has 2 aliphatic heterocycles. The average molecular weight is 897 g/mol. The largest absolute Gasteiger partial charge is 0.387 e. The summed E-state index contributed by atoms with van der Waals surface area (Å²) in [6.45, 7) is 9.13. The Morgan fingerprint density at radius 1 is 0.661 bits per heavy atom. The molecule has 16 nitrogen and oxygen atoms in total. The Kier molecular flexibility index (Phi) is 15.3. The number of nitriles is 1. The minimum Gasteiger partial charge on any atom is -0.387 e. The van der Waals surface area contributed by atoms with Crippen molar-refractivity contribution < 1.29 is 36.0 Å². The van der Waals surface area contributed by atoms with Crippen molar-refractivity contribution in [1.29, 1.82) is 5.26 Å². The summed E-state index contributed by atoms with van der Waals surface area (Å²) in [4.78, 5) is 39.7. The van der Waals surface area contributed by atoms with E-state index in [-0.39, 0.29) is 24.1 Å². The smallest absolute Gasteiger partial charge is 0.332 e. The van der Waals surface area contributed by atoms with Gasteiger partial charge >= 0.3 is 18.1 Å². The highest BCUT2D eigenvalue weighted by Gasteiger charge is 2.34. The second-order valence-electron chi connectivity index (χ2n) is 17.9. The van der Waals surface area contributed by atoms with E-state index in [0.29, 0.717) is 51.9 Å². The number of fused-ring (bicyclic) bond motifs is 4. The summed E-state index contributed by atoms with van der Waals surface area (Å²) in [6.07, 6.45) is 16.2. The van der Waals surface area contributed by atoms with Crippen LogP contribution in [-0.4, -0.2) is 93.5 Å². The number of sulfonamides is 2. The fraction of sp³-hybridized carbons (Fsp3) is 0.636. The summed E-state index contributed by atoms with van der Waals surface area (Å²) in [6, 6.07) is 3.73. The highest BCUT2D eigenvalue weighted by atomic mass is 32.2. The van der Waals surface area contributed by atoms with Crippen molar-refractivity contribution in [1.82, 2.24) is 25.2 Å². The molecule has 0 radical (unpaired) electrons. The van der Waals surface area contributed by atoms with Crippen LogP contribution in [0.15, 0.2) is 12.1 Å². The zero-order valence-corrected chi connectivity index (χ0v) is 38.2. The third-order valence-electron chi connectivity index (χ3n) is 12.7. The van der Waals surface area contributed by atoms with Crippen LogP contribution in [0.1, 0.15) is 124 Å². The van der Waals surface area contributed by atoms with Crippen LogP contribution in [0, 0.1) is 11.5 Å². The third-order valence-corrected chi connectivity index (χ3v) is 15.9. The molecule has 2 aromatic rings. The van der Waals surface area contributed by atoms with Gasteiger partial charge in [0.2, 0.25) is 20.0 Å². The summed E-state index contributed by atoms with van der Waals surface area (Å²) >= 11 is 0. The van der Waals surface area contributed by atoms with Gasteiger partial charge in [-0.25, -0.2) is 41.1 Å². The topological polar surface area (TPSA) is 233 Å². The van der Waals surface area contributed by atoms with Crippen LogP contribution in [0.4, 0.5) is 20.1 Å². The van der Waals surface area contributed by atoms with E-state index in [9.17, 15) is 31.2 Å². The molecular formula is C44H64N8O8S2. The van der Waals surface area contributed by atoms with E-state index in [0.717, 1.165) is 86.8 Å². The van der Waals surface area contributed by atoms with Crippen molar-refractivity contribution in [3.8, 4) is 12.0 Å². The summed E-state index contributed by atoms with van der Waals surface area (Å²) < 4.78 is 55.3. The van der Waals surface area contributed by atoms with Crippen LogP contribution in [0.25, 0.3) is 0 Å². The van der Waals surface area contributed by atoms with E-state index in [1.807, 2.05) is 34.0 Å². The van der Waals surface area contributed by atoms with Crippen molar-refractivity contribution in [3.63, 3.8) is 0 Å². The number of ether oxygens (including phenoxy) is 1. The van der Waals surface area contributed by atoms with E-state index in [4.69, 9.17) is 15.1 Å². The Bertz CT molecular complexity index is 2190.